The van der Waals surface area contributed by atoms with Crippen LogP contribution in [-0.4, -0.2) is 57.2 Å². The Labute approximate surface area is 136 Å². The summed E-state index contributed by atoms with van der Waals surface area (Å²) in [6.07, 6.45) is 1.20. The molecule has 1 fully saturated rings. The molecule has 0 aromatic heterocycles. The number of aryl methyl sites for hydroxylation is 1. The van der Waals surface area contributed by atoms with Crippen LogP contribution >= 0.6 is 0 Å². The van der Waals surface area contributed by atoms with Gasteiger partial charge in [-0.05, 0) is 43.5 Å². The maximum atomic E-state index is 12.5. The van der Waals surface area contributed by atoms with Gasteiger partial charge < -0.3 is 9.84 Å². The lowest BCUT2D eigenvalue weighted by Crippen LogP contribution is -2.45. The van der Waals surface area contributed by atoms with Crippen molar-refractivity contribution >= 4 is 16.0 Å². The van der Waals surface area contributed by atoms with Crippen molar-refractivity contribution in [3.05, 3.63) is 23.8 Å². The summed E-state index contributed by atoms with van der Waals surface area (Å²) >= 11 is 0. The lowest BCUT2D eigenvalue weighted by molar-refractivity contribution is -0.138. The normalized spacial score (nSPS) is 17.1. The first-order chi connectivity index (χ1) is 10.8. The molecule has 128 valence electrons. The van der Waals surface area contributed by atoms with Crippen molar-refractivity contribution in [1.29, 1.82) is 0 Å². The van der Waals surface area contributed by atoms with Crippen molar-refractivity contribution in [3.8, 4) is 5.75 Å². The number of benzene rings is 1. The maximum absolute atomic E-state index is 12.5. The third-order valence-corrected chi connectivity index (χ3v) is 5.46. The fourth-order valence-corrected chi connectivity index (χ4v) is 4.10. The molecule has 8 heteroatoms. The second-order valence-corrected chi connectivity index (χ2v) is 7.41. The zero-order valence-corrected chi connectivity index (χ0v) is 14.1. The lowest BCUT2D eigenvalue weighted by Gasteiger charge is -2.31. The summed E-state index contributed by atoms with van der Waals surface area (Å²) in [4.78, 5) is 12.7. The van der Waals surface area contributed by atoms with Gasteiger partial charge in [-0.15, -0.1) is 0 Å². The minimum atomic E-state index is -3.59. The zero-order chi connectivity index (χ0) is 17.0. The van der Waals surface area contributed by atoms with Crippen molar-refractivity contribution in [2.75, 3.05) is 26.7 Å². The fourth-order valence-electron chi connectivity index (χ4n) is 2.71. The second kappa shape index (κ2) is 7.29. The predicted molar refractivity (Wildman–Crippen MR) is 85.2 cm³/mol. The number of ether oxygens (including phenoxy) is 1. The maximum Gasteiger partial charge on any atom is 0.317 e. The van der Waals surface area contributed by atoms with E-state index in [1.165, 1.54) is 6.07 Å². The molecule has 1 aliphatic rings. The number of likely N-dealkylation sites (tertiary alicyclic amines) is 1. The van der Waals surface area contributed by atoms with Gasteiger partial charge in [-0.1, -0.05) is 0 Å². The van der Waals surface area contributed by atoms with E-state index in [4.69, 9.17) is 9.84 Å². The zero-order valence-electron chi connectivity index (χ0n) is 13.3. The fraction of sp³-hybridized carbons (Fsp3) is 0.533. The molecule has 0 radical (unpaired) electrons. The summed E-state index contributed by atoms with van der Waals surface area (Å²) in [6, 6.07) is 4.57. The van der Waals surface area contributed by atoms with E-state index in [9.17, 15) is 13.2 Å². The number of rotatable bonds is 6. The van der Waals surface area contributed by atoms with E-state index in [-0.39, 0.29) is 17.5 Å². The molecule has 0 bridgehead atoms. The number of sulfonamides is 1. The van der Waals surface area contributed by atoms with Crippen molar-refractivity contribution in [2.24, 2.45) is 0 Å². The van der Waals surface area contributed by atoms with Crippen LogP contribution in [0.15, 0.2) is 23.1 Å². The number of piperidine rings is 1. The van der Waals surface area contributed by atoms with Gasteiger partial charge in [0.2, 0.25) is 10.0 Å². The van der Waals surface area contributed by atoms with E-state index in [0.29, 0.717) is 31.7 Å². The highest BCUT2D eigenvalue weighted by Crippen LogP contribution is 2.22. The standard InChI is InChI=1S/C15H22N2O5S/c1-11-9-13(3-4-14(11)22-2)23(20,21)16-12-5-7-17(8-6-12)10-15(18)19/h3-4,9,12,16H,5-8,10H2,1-2H3,(H,18,19). The van der Waals surface area contributed by atoms with E-state index in [0.717, 1.165) is 5.56 Å². The van der Waals surface area contributed by atoms with E-state index in [1.807, 2.05) is 4.90 Å². The Bertz CT molecular complexity index is 666. The summed E-state index contributed by atoms with van der Waals surface area (Å²) in [5, 5.41) is 8.77. The molecule has 0 amide bonds. The average molecular weight is 342 g/mol. The minimum Gasteiger partial charge on any atom is -0.496 e. The number of carboxylic acids is 1. The molecule has 0 atom stereocenters. The first kappa shape index (κ1) is 17.7. The van der Waals surface area contributed by atoms with Crippen LogP contribution in [0.5, 0.6) is 5.75 Å². The van der Waals surface area contributed by atoms with E-state index in [1.54, 1.807) is 26.2 Å². The molecule has 0 aliphatic carbocycles. The molecular formula is C15H22N2O5S. The molecule has 0 saturated carbocycles. The number of carbonyl (C=O) groups is 1. The Morgan fingerprint density at radius 3 is 2.57 bits per heavy atom. The summed E-state index contributed by atoms with van der Waals surface area (Å²) in [7, 11) is -2.05. The monoisotopic (exact) mass is 342 g/mol. The number of hydrogen-bond donors (Lipinski definition) is 2. The minimum absolute atomic E-state index is 0.00283. The molecule has 23 heavy (non-hydrogen) atoms. The smallest absolute Gasteiger partial charge is 0.317 e. The van der Waals surface area contributed by atoms with Gasteiger partial charge in [-0.2, -0.15) is 0 Å². The van der Waals surface area contributed by atoms with Crippen LogP contribution in [0, 0.1) is 6.92 Å². The first-order valence-corrected chi connectivity index (χ1v) is 8.91. The Hall–Kier alpha value is -1.64. The number of nitrogens with zero attached hydrogens (tertiary/aromatic N) is 1. The van der Waals surface area contributed by atoms with Crippen molar-refractivity contribution < 1.29 is 23.1 Å². The molecule has 1 aromatic carbocycles. The molecule has 2 N–H and O–H groups in total. The first-order valence-electron chi connectivity index (χ1n) is 7.43. The number of aliphatic carboxylic acids is 1. The van der Waals surface area contributed by atoms with Crippen LogP contribution in [0.25, 0.3) is 0 Å². The van der Waals surface area contributed by atoms with Crippen LogP contribution in [-0.2, 0) is 14.8 Å². The largest absolute Gasteiger partial charge is 0.496 e. The van der Waals surface area contributed by atoms with Crippen LogP contribution in [0.2, 0.25) is 0 Å². The van der Waals surface area contributed by atoms with E-state index >= 15 is 0 Å². The third-order valence-electron chi connectivity index (χ3n) is 3.94. The molecular weight excluding hydrogens is 320 g/mol. The van der Waals surface area contributed by atoms with Gasteiger partial charge in [0.1, 0.15) is 5.75 Å². The van der Waals surface area contributed by atoms with Gasteiger partial charge in [0.15, 0.2) is 0 Å². The highest BCUT2D eigenvalue weighted by molar-refractivity contribution is 7.89. The molecule has 1 aliphatic heterocycles. The van der Waals surface area contributed by atoms with E-state index in [2.05, 4.69) is 4.72 Å². The Morgan fingerprint density at radius 1 is 1.39 bits per heavy atom. The van der Waals surface area contributed by atoms with Gasteiger partial charge >= 0.3 is 5.97 Å². The van der Waals surface area contributed by atoms with Gasteiger partial charge in [0, 0.05) is 19.1 Å². The van der Waals surface area contributed by atoms with Crippen LogP contribution in [0.3, 0.4) is 0 Å². The number of hydrogen-bond acceptors (Lipinski definition) is 5. The van der Waals surface area contributed by atoms with Crippen LogP contribution < -0.4 is 9.46 Å². The Morgan fingerprint density at radius 2 is 2.04 bits per heavy atom. The van der Waals surface area contributed by atoms with Gasteiger partial charge in [0.25, 0.3) is 0 Å². The van der Waals surface area contributed by atoms with Gasteiger partial charge in [0.05, 0.1) is 18.6 Å². The third kappa shape index (κ3) is 4.66. The SMILES string of the molecule is COc1ccc(S(=O)(=O)NC2CCN(CC(=O)O)CC2)cc1C. The molecule has 1 aromatic rings. The molecule has 2 rings (SSSR count). The molecule has 7 nitrogen and oxygen atoms in total. The molecule has 1 saturated heterocycles. The molecule has 0 spiro atoms. The highest BCUT2D eigenvalue weighted by atomic mass is 32.2. The van der Waals surface area contributed by atoms with Gasteiger partial charge in [-0.3, -0.25) is 9.69 Å². The summed E-state index contributed by atoms with van der Waals surface area (Å²) in [5.41, 5.74) is 0.756. The predicted octanol–water partition coefficient (Wildman–Crippen LogP) is 0.831. The van der Waals surface area contributed by atoms with Crippen molar-refractivity contribution in [2.45, 2.75) is 30.7 Å². The van der Waals surface area contributed by atoms with Crippen molar-refractivity contribution in [3.63, 3.8) is 0 Å². The van der Waals surface area contributed by atoms with Crippen molar-refractivity contribution in [1.82, 2.24) is 9.62 Å². The molecule has 0 unspecified atom stereocenters. The van der Waals surface area contributed by atoms with Crippen LogP contribution in [0.4, 0.5) is 0 Å². The Kier molecular flexibility index (Phi) is 5.61. The highest BCUT2D eigenvalue weighted by Gasteiger charge is 2.25. The summed E-state index contributed by atoms with van der Waals surface area (Å²) in [6.45, 7) is 2.93. The van der Waals surface area contributed by atoms with Crippen LogP contribution in [0.1, 0.15) is 18.4 Å². The van der Waals surface area contributed by atoms with E-state index < -0.39 is 16.0 Å². The summed E-state index contributed by atoms with van der Waals surface area (Å²) in [5.74, 6) is -0.219. The average Bonchev–Trinajstić information content (AvgIpc) is 2.48. The Balaban J connectivity index is 1.99. The molecule has 1 heterocycles. The topological polar surface area (TPSA) is 95.9 Å². The van der Waals surface area contributed by atoms with Gasteiger partial charge in [-0.25, -0.2) is 13.1 Å². The summed E-state index contributed by atoms with van der Waals surface area (Å²) < 4.78 is 32.7. The lowest BCUT2D eigenvalue weighted by atomic mass is 10.1. The number of methoxy groups -OCH3 is 1. The quantitative estimate of drug-likeness (QED) is 0.795. The number of carboxylic acid groups (broad SMARTS) is 1. The number of nitrogens with one attached hydrogen (secondary N) is 1. The second-order valence-electron chi connectivity index (χ2n) is 5.70.